The lowest BCUT2D eigenvalue weighted by Gasteiger charge is -2.44. The number of benzene rings is 1. The van der Waals surface area contributed by atoms with Crippen molar-refractivity contribution in [2.24, 2.45) is 5.73 Å². The summed E-state index contributed by atoms with van der Waals surface area (Å²) in [5.74, 6) is -1.49. The lowest BCUT2D eigenvalue weighted by atomic mass is 9.87. The van der Waals surface area contributed by atoms with Crippen LogP contribution in [0.15, 0.2) is 18.2 Å². The number of ether oxygens (including phenoxy) is 1. The van der Waals surface area contributed by atoms with Crippen LogP contribution in [-0.2, 0) is 19.1 Å². The fraction of sp³-hybridized carbons (Fsp3) is 0.655. The van der Waals surface area contributed by atoms with E-state index in [1.165, 1.54) is 0 Å². The Morgan fingerprint density at radius 3 is 2.18 bits per heavy atom. The Kier molecular flexibility index (Phi) is 9.79. The Hall–Kier alpha value is -3.10. The summed E-state index contributed by atoms with van der Waals surface area (Å²) < 4.78 is 5.35. The molecule has 2 fully saturated rings. The lowest BCUT2D eigenvalue weighted by molar-refractivity contribution is -0.148. The third-order valence-electron chi connectivity index (χ3n) is 7.44. The van der Waals surface area contributed by atoms with Gasteiger partial charge in [-0.1, -0.05) is 37.5 Å². The van der Waals surface area contributed by atoms with E-state index in [9.17, 15) is 19.2 Å². The predicted molar refractivity (Wildman–Crippen MR) is 145 cm³/mol. The van der Waals surface area contributed by atoms with E-state index in [0.717, 1.165) is 62.5 Å². The third kappa shape index (κ3) is 7.95. The van der Waals surface area contributed by atoms with E-state index in [1.54, 1.807) is 25.7 Å². The number of carbonyl (C=O) groups excluding carboxylic acids is 4. The quantitative estimate of drug-likeness (QED) is 0.447. The van der Waals surface area contributed by atoms with E-state index in [4.69, 9.17) is 10.5 Å². The first-order chi connectivity index (χ1) is 17.9. The molecule has 0 spiro atoms. The topological polar surface area (TPSA) is 131 Å². The summed E-state index contributed by atoms with van der Waals surface area (Å²) in [5, 5.41) is 5.76. The van der Waals surface area contributed by atoms with Crippen LogP contribution in [0.5, 0.6) is 0 Å². The molecule has 1 aromatic rings. The van der Waals surface area contributed by atoms with Gasteiger partial charge in [-0.25, -0.2) is 4.79 Å². The third-order valence-corrected chi connectivity index (χ3v) is 7.44. The highest BCUT2D eigenvalue weighted by molar-refractivity contribution is 5.95. The number of aryl methyl sites for hydroxylation is 2. The van der Waals surface area contributed by atoms with Gasteiger partial charge in [-0.3, -0.25) is 14.4 Å². The maximum atomic E-state index is 14.1. The van der Waals surface area contributed by atoms with Crippen molar-refractivity contribution in [1.82, 2.24) is 15.5 Å². The Bertz CT molecular complexity index is 1020. The van der Waals surface area contributed by atoms with Crippen LogP contribution in [0.4, 0.5) is 4.79 Å². The van der Waals surface area contributed by atoms with Crippen LogP contribution in [0.2, 0.25) is 0 Å². The van der Waals surface area contributed by atoms with Crippen molar-refractivity contribution in [3.8, 4) is 0 Å². The van der Waals surface area contributed by atoms with Crippen LogP contribution < -0.4 is 16.4 Å². The average molecular weight is 529 g/mol. The smallest absolute Gasteiger partial charge is 0.408 e. The molecule has 0 radical (unpaired) electrons. The number of hydrogen-bond acceptors (Lipinski definition) is 5. The van der Waals surface area contributed by atoms with Gasteiger partial charge in [0.05, 0.1) is 6.42 Å². The summed E-state index contributed by atoms with van der Waals surface area (Å²) in [6.45, 7) is 9.11. The number of carbonyl (C=O) groups is 4. The van der Waals surface area contributed by atoms with Gasteiger partial charge in [0.1, 0.15) is 17.7 Å². The largest absolute Gasteiger partial charge is 0.444 e. The minimum Gasteiger partial charge on any atom is -0.444 e. The van der Waals surface area contributed by atoms with Crippen molar-refractivity contribution in [2.45, 2.75) is 122 Å². The SMILES string of the molecule is Cc1ccc(C(C(=O)NC2CCCCC2)N(C(=O)C(CC(N)=O)NC(=O)OC(C)(C)C)C2CCC2)cc1C. The highest BCUT2D eigenvalue weighted by Gasteiger charge is 2.42. The van der Waals surface area contributed by atoms with Crippen LogP contribution in [0.3, 0.4) is 0 Å². The maximum Gasteiger partial charge on any atom is 0.408 e. The van der Waals surface area contributed by atoms with Crippen LogP contribution in [0.25, 0.3) is 0 Å². The van der Waals surface area contributed by atoms with E-state index >= 15 is 0 Å². The van der Waals surface area contributed by atoms with Gasteiger partial charge in [0.2, 0.25) is 17.7 Å². The molecule has 1 aromatic carbocycles. The first-order valence-corrected chi connectivity index (χ1v) is 13.8. The molecule has 2 aliphatic carbocycles. The standard InChI is InChI=1S/C29H44N4O5/c1-18-14-15-20(16-19(18)2)25(26(35)31-21-10-7-6-8-11-21)33(22-12-9-13-22)27(36)23(17-24(30)34)32-28(37)38-29(3,4)5/h14-16,21-23,25H,6-13,17H2,1-5H3,(H2,30,34)(H,31,35)(H,32,37). The summed E-state index contributed by atoms with van der Waals surface area (Å²) in [6, 6.07) is 3.51. The Labute approximate surface area is 226 Å². The molecule has 4 N–H and O–H groups in total. The van der Waals surface area contributed by atoms with Crippen molar-refractivity contribution >= 4 is 23.8 Å². The summed E-state index contributed by atoms with van der Waals surface area (Å²) in [5.41, 5.74) is 7.49. The molecule has 9 nitrogen and oxygen atoms in total. The lowest BCUT2D eigenvalue weighted by Crippen LogP contribution is -2.58. The van der Waals surface area contributed by atoms with Gasteiger partial charge >= 0.3 is 6.09 Å². The minimum absolute atomic E-state index is 0.0601. The van der Waals surface area contributed by atoms with Gasteiger partial charge < -0.3 is 26.0 Å². The number of alkyl carbamates (subject to hydrolysis) is 1. The zero-order valence-corrected chi connectivity index (χ0v) is 23.5. The van der Waals surface area contributed by atoms with E-state index in [0.29, 0.717) is 5.56 Å². The van der Waals surface area contributed by atoms with Crippen molar-refractivity contribution < 1.29 is 23.9 Å². The van der Waals surface area contributed by atoms with E-state index in [1.807, 2.05) is 32.0 Å². The van der Waals surface area contributed by atoms with Crippen molar-refractivity contribution in [3.63, 3.8) is 0 Å². The van der Waals surface area contributed by atoms with Gasteiger partial charge in [-0.2, -0.15) is 0 Å². The fourth-order valence-corrected chi connectivity index (χ4v) is 5.11. The zero-order valence-electron chi connectivity index (χ0n) is 23.5. The molecule has 0 aliphatic heterocycles. The molecule has 2 aliphatic rings. The number of rotatable bonds is 9. The number of nitrogens with one attached hydrogen (secondary N) is 2. The number of nitrogens with zero attached hydrogens (tertiary/aromatic N) is 1. The fourth-order valence-electron chi connectivity index (χ4n) is 5.11. The average Bonchev–Trinajstić information content (AvgIpc) is 2.78. The number of primary amides is 1. The first-order valence-electron chi connectivity index (χ1n) is 13.8. The van der Waals surface area contributed by atoms with Crippen molar-refractivity contribution in [3.05, 3.63) is 34.9 Å². The molecule has 210 valence electrons. The molecular weight excluding hydrogens is 484 g/mol. The van der Waals surface area contributed by atoms with E-state index in [2.05, 4.69) is 10.6 Å². The molecule has 0 saturated heterocycles. The van der Waals surface area contributed by atoms with Gasteiger partial charge in [0.25, 0.3) is 0 Å². The normalized spacial score (nSPS) is 18.0. The summed E-state index contributed by atoms with van der Waals surface area (Å²) in [4.78, 5) is 54.2. The summed E-state index contributed by atoms with van der Waals surface area (Å²) in [7, 11) is 0. The monoisotopic (exact) mass is 528 g/mol. The molecule has 2 unspecified atom stereocenters. The van der Waals surface area contributed by atoms with Gasteiger partial charge in [-0.05, 0) is 83.4 Å². The van der Waals surface area contributed by atoms with Crippen LogP contribution in [0.1, 0.15) is 101 Å². The van der Waals surface area contributed by atoms with Crippen molar-refractivity contribution in [2.75, 3.05) is 0 Å². The maximum absolute atomic E-state index is 14.1. The zero-order chi connectivity index (χ0) is 28.0. The van der Waals surface area contributed by atoms with Crippen LogP contribution in [0, 0.1) is 13.8 Å². The molecule has 0 aromatic heterocycles. The number of amides is 4. The molecule has 2 saturated carbocycles. The minimum atomic E-state index is -1.25. The number of nitrogens with two attached hydrogens (primary N) is 1. The number of hydrogen-bond donors (Lipinski definition) is 3. The second-order valence-corrected chi connectivity index (χ2v) is 11.8. The molecule has 3 rings (SSSR count). The molecule has 4 amide bonds. The first kappa shape index (κ1) is 29.5. The van der Waals surface area contributed by atoms with E-state index in [-0.39, 0.29) is 18.0 Å². The molecule has 0 bridgehead atoms. The van der Waals surface area contributed by atoms with Gasteiger partial charge in [-0.15, -0.1) is 0 Å². The second kappa shape index (κ2) is 12.6. The molecular formula is C29H44N4O5. The second-order valence-electron chi connectivity index (χ2n) is 11.8. The van der Waals surface area contributed by atoms with Crippen LogP contribution in [-0.4, -0.2) is 52.4 Å². The van der Waals surface area contributed by atoms with Gasteiger partial charge in [0, 0.05) is 12.1 Å². The molecule has 9 heteroatoms. The predicted octanol–water partition coefficient (Wildman–Crippen LogP) is 3.94. The highest BCUT2D eigenvalue weighted by atomic mass is 16.6. The van der Waals surface area contributed by atoms with Crippen molar-refractivity contribution in [1.29, 1.82) is 0 Å². The molecule has 38 heavy (non-hydrogen) atoms. The highest BCUT2D eigenvalue weighted by Crippen LogP contribution is 2.35. The molecule has 0 heterocycles. The Morgan fingerprint density at radius 2 is 1.66 bits per heavy atom. The Balaban J connectivity index is 1.99. The summed E-state index contributed by atoms with van der Waals surface area (Å²) in [6.07, 6.45) is 6.28. The van der Waals surface area contributed by atoms with Gasteiger partial charge in [0.15, 0.2) is 0 Å². The summed E-state index contributed by atoms with van der Waals surface area (Å²) >= 11 is 0. The Morgan fingerprint density at radius 1 is 1.00 bits per heavy atom. The molecule has 2 atom stereocenters. The van der Waals surface area contributed by atoms with E-state index < -0.39 is 42.0 Å². The van der Waals surface area contributed by atoms with Crippen LogP contribution >= 0.6 is 0 Å².